The molecule has 1 aromatic rings. The van der Waals surface area contributed by atoms with Crippen LogP contribution in [0.4, 0.5) is 0 Å². The van der Waals surface area contributed by atoms with E-state index in [0.717, 1.165) is 5.56 Å². The van der Waals surface area contributed by atoms with Crippen LogP contribution in [0.1, 0.15) is 25.3 Å². The van der Waals surface area contributed by atoms with Crippen molar-refractivity contribution in [3.05, 3.63) is 35.9 Å². The maximum absolute atomic E-state index is 12.0. The van der Waals surface area contributed by atoms with Gasteiger partial charge in [-0.3, -0.25) is 4.79 Å². The van der Waals surface area contributed by atoms with Gasteiger partial charge in [-0.25, -0.2) is 0 Å². The van der Waals surface area contributed by atoms with Crippen LogP contribution in [0.3, 0.4) is 0 Å². The quantitative estimate of drug-likeness (QED) is 0.860. The van der Waals surface area contributed by atoms with E-state index in [9.17, 15) is 9.90 Å². The molecule has 1 atom stereocenters. The van der Waals surface area contributed by atoms with Crippen LogP contribution in [-0.4, -0.2) is 28.4 Å². The summed E-state index contributed by atoms with van der Waals surface area (Å²) in [6.45, 7) is 2.55. The molecule has 1 aliphatic heterocycles. The van der Waals surface area contributed by atoms with Gasteiger partial charge in [-0.05, 0) is 5.56 Å². The summed E-state index contributed by atoms with van der Waals surface area (Å²) in [7, 11) is 0. The molecule has 1 N–H and O–H groups in total. The van der Waals surface area contributed by atoms with E-state index >= 15 is 0 Å². The SMILES string of the molecule is CCCC1(O)OCN(Cc2ccccc2)C1=O. The third-order valence-electron chi connectivity index (χ3n) is 2.89. The minimum atomic E-state index is -1.61. The van der Waals surface area contributed by atoms with Crippen molar-refractivity contribution in [2.45, 2.75) is 32.1 Å². The van der Waals surface area contributed by atoms with E-state index in [1.807, 2.05) is 37.3 Å². The van der Waals surface area contributed by atoms with Crippen LogP contribution >= 0.6 is 0 Å². The molecule has 2 rings (SSSR count). The van der Waals surface area contributed by atoms with Crippen molar-refractivity contribution in [2.24, 2.45) is 0 Å². The first kappa shape index (κ1) is 12.1. The van der Waals surface area contributed by atoms with Gasteiger partial charge >= 0.3 is 0 Å². The lowest BCUT2D eigenvalue weighted by atomic mass is 10.1. The fraction of sp³-hybridized carbons (Fsp3) is 0.462. The second-order valence-corrected chi connectivity index (χ2v) is 4.30. The van der Waals surface area contributed by atoms with Crippen LogP contribution in [-0.2, 0) is 16.1 Å². The van der Waals surface area contributed by atoms with Crippen molar-refractivity contribution in [3.8, 4) is 0 Å². The van der Waals surface area contributed by atoms with E-state index in [2.05, 4.69) is 0 Å². The number of amides is 1. The summed E-state index contributed by atoms with van der Waals surface area (Å²) in [5, 5.41) is 9.99. The van der Waals surface area contributed by atoms with Gasteiger partial charge in [-0.2, -0.15) is 0 Å². The normalized spacial score (nSPS) is 24.4. The van der Waals surface area contributed by atoms with Crippen LogP contribution in [0, 0.1) is 0 Å². The molecule has 1 fully saturated rings. The lowest BCUT2D eigenvalue weighted by Crippen LogP contribution is -2.40. The maximum Gasteiger partial charge on any atom is 0.284 e. The van der Waals surface area contributed by atoms with E-state index in [-0.39, 0.29) is 12.6 Å². The second-order valence-electron chi connectivity index (χ2n) is 4.30. The molecular formula is C13H17NO3. The number of aliphatic hydroxyl groups is 1. The fourth-order valence-electron chi connectivity index (χ4n) is 1.99. The zero-order chi connectivity index (χ0) is 12.3. The van der Waals surface area contributed by atoms with E-state index in [4.69, 9.17) is 4.74 Å². The molecule has 0 aliphatic carbocycles. The smallest absolute Gasteiger partial charge is 0.284 e. The first-order valence-electron chi connectivity index (χ1n) is 5.85. The Morgan fingerprint density at radius 3 is 2.76 bits per heavy atom. The maximum atomic E-state index is 12.0. The molecule has 1 unspecified atom stereocenters. The van der Waals surface area contributed by atoms with Crippen molar-refractivity contribution in [3.63, 3.8) is 0 Å². The molecule has 92 valence electrons. The molecular weight excluding hydrogens is 218 g/mol. The molecule has 0 radical (unpaired) electrons. The monoisotopic (exact) mass is 235 g/mol. The lowest BCUT2D eigenvalue weighted by molar-refractivity contribution is -0.184. The van der Waals surface area contributed by atoms with Crippen LogP contribution in [0.15, 0.2) is 30.3 Å². The van der Waals surface area contributed by atoms with E-state index in [0.29, 0.717) is 19.4 Å². The van der Waals surface area contributed by atoms with Crippen molar-refractivity contribution in [2.75, 3.05) is 6.73 Å². The zero-order valence-corrected chi connectivity index (χ0v) is 9.93. The Kier molecular flexibility index (Phi) is 3.45. The Morgan fingerprint density at radius 2 is 2.12 bits per heavy atom. The molecule has 1 amide bonds. The van der Waals surface area contributed by atoms with Crippen molar-refractivity contribution < 1.29 is 14.6 Å². The third-order valence-corrected chi connectivity index (χ3v) is 2.89. The third kappa shape index (κ3) is 2.48. The van der Waals surface area contributed by atoms with Gasteiger partial charge in [0.05, 0.1) is 0 Å². The Bertz CT molecular complexity index is 393. The number of hydrogen-bond donors (Lipinski definition) is 1. The van der Waals surface area contributed by atoms with Crippen molar-refractivity contribution >= 4 is 5.91 Å². The zero-order valence-electron chi connectivity index (χ0n) is 9.93. The van der Waals surface area contributed by atoms with Crippen LogP contribution in [0.5, 0.6) is 0 Å². The van der Waals surface area contributed by atoms with E-state index in [1.165, 1.54) is 4.90 Å². The average Bonchev–Trinajstić information content (AvgIpc) is 2.60. The second kappa shape index (κ2) is 4.85. The molecule has 1 aromatic carbocycles. The van der Waals surface area contributed by atoms with Crippen molar-refractivity contribution in [1.82, 2.24) is 4.90 Å². The van der Waals surface area contributed by atoms with E-state index in [1.54, 1.807) is 0 Å². The highest BCUT2D eigenvalue weighted by Gasteiger charge is 2.45. The molecule has 1 aliphatic rings. The summed E-state index contributed by atoms with van der Waals surface area (Å²) in [5.41, 5.74) is 1.03. The Labute approximate surface area is 101 Å². The van der Waals surface area contributed by atoms with E-state index < -0.39 is 5.79 Å². The van der Waals surface area contributed by atoms with Crippen molar-refractivity contribution in [1.29, 1.82) is 0 Å². The molecule has 4 nitrogen and oxygen atoms in total. The molecule has 1 saturated heterocycles. The number of ether oxygens (including phenoxy) is 1. The highest BCUT2D eigenvalue weighted by atomic mass is 16.7. The molecule has 17 heavy (non-hydrogen) atoms. The first-order valence-corrected chi connectivity index (χ1v) is 5.85. The molecule has 4 heteroatoms. The minimum absolute atomic E-state index is 0.157. The standard InChI is InChI=1S/C13H17NO3/c1-2-8-13(16)12(15)14(10-17-13)9-11-6-4-3-5-7-11/h3-7,16H,2,8-10H2,1H3. The van der Waals surface area contributed by atoms with Gasteiger partial charge in [0.25, 0.3) is 5.91 Å². The number of hydrogen-bond acceptors (Lipinski definition) is 3. The van der Waals surface area contributed by atoms with Gasteiger partial charge in [0, 0.05) is 13.0 Å². The Balaban J connectivity index is 2.03. The number of carbonyl (C=O) groups is 1. The number of rotatable bonds is 4. The summed E-state index contributed by atoms with van der Waals surface area (Å²) < 4.78 is 5.21. The molecule has 0 aromatic heterocycles. The summed E-state index contributed by atoms with van der Waals surface area (Å²) in [6.07, 6.45) is 1.05. The minimum Gasteiger partial charge on any atom is -0.358 e. The highest BCUT2D eigenvalue weighted by molar-refractivity contribution is 5.84. The predicted molar refractivity (Wildman–Crippen MR) is 62.8 cm³/mol. The molecule has 0 saturated carbocycles. The van der Waals surface area contributed by atoms with Gasteiger partial charge in [0.15, 0.2) is 0 Å². The fourth-order valence-corrected chi connectivity index (χ4v) is 1.99. The highest BCUT2D eigenvalue weighted by Crippen LogP contribution is 2.25. The van der Waals surface area contributed by atoms with Gasteiger partial charge in [0.1, 0.15) is 6.73 Å². The topological polar surface area (TPSA) is 49.8 Å². The average molecular weight is 235 g/mol. The van der Waals surface area contributed by atoms with Crippen LogP contribution < -0.4 is 0 Å². The lowest BCUT2D eigenvalue weighted by Gasteiger charge is -2.19. The summed E-state index contributed by atoms with van der Waals surface area (Å²) >= 11 is 0. The largest absolute Gasteiger partial charge is 0.358 e. The molecule has 0 bridgehead atoms. The van der Waals surface area contributed by atoms with Gasteiger partial charge in [0.2, 0.25) is 5.79 Å². The number of nitrogens with zero attached hydrogens (tertiary/aromatic N) is 1. The Morgan fingerprint density at radius 1 is 1.41 bits per heavy atom. The molecule has 0 spiro atoms. The number of benzene rings is 1. The Hall–Kier alpha value is -1.39. The van der Waals surface area contributed by atoms with Gasteiger partial charge in [-0.1, -0.05) is 43.7 Å². The summed E-state index contributed by atoms with van der Waals surface area (Å²) in [5.74, 6) is -1.94. The van der Waals surface area contributed by atoms with Gasteiger partial charge in [-0.15, -0.1) is 0 Å². The van der Waals surface area contributed by atoms with Crippen LogP contribution in [0.25, 0.3) is 0 Å². The predicted octanol–water partition coefficient (Wildman–Crippen LogP) is 1.49. The molecule has 1 heterocycles. The summed E-state index contributed by atoms with van der Waals surface area (Å²) in [6, 6.07) is 9.68. The van der Waals surface area contributed by atoms with Crippen LogP contribution in [0.2, 0.25) is 0 Å². The summed E-state index contributed by atoms with van der Waals surface area (Å²) in [4.78, 5) is 13.5. The number of carbonyl (C=O) groups excluding carboxylic acids is 1. The first-order chi connectivity index (χ1) is 8.15. The van der Waals surface area contributed by atoms with Gasteiger partial charge < -0.3 is 14.7 Å².